The van der Waals surface area contributed by atoms with Crippen molar-refractivity contribution < 1.29 is 0 Å². The van der Waals surface area contributed by atoms with Crippen molar-refractivity contribution in [2.75, 3.05) is 5.32 Å². The van der Waals surface area contributed by atoms with E-state index in [1.54, 1.807) is 6.20 Å². The summed E-state index contributed by atoms with van der Waals surface area (Å²) >= 11 is 5.20. The number of thiocarbonyl (C=S) groups is 1. The number of nitrogens with zero attached hydrogens (tertiary/aromatic N) is 2. The number of hydrogen-bond acceptors (Lipinski definition) is 3. The first kappa shape index (κ1) is 14.1. The van der Waals surface area contributed by atoms with Gasteiger partial charge in [0.2, 0.25) is 0 Å². The number of benzene rings is 1. The number of hydrogen-bond donors (Lipinski definition) is 2. The fourth-order valence-corrected chi connectivity index (χ4v) is 1.81. The van der Waals surface area contributed by atoms with E-state index in [1.807, 2.05) is 55.5 Å². The van der Waals surface area contributed by atoms with Crippen LogP contribution in [0.3, 0.4) is 0 Å². The van der Waals surface area contributed by atoms with E-state index in [1.165, 1.54) is 0 Å². The minimum atomic E-state index is 0.457. The molecule has 0 spiro atoms. The molecule has 4 nitrogen and oxygen atoms in total. The maximum Gasteiger partial charge on any atom is 0.191 e. The van der Waals surface area contributed by atoms with Crippen LogP contribution >= 0.6 is 12.2 Å². The van der Waals surface area contributed by atoms with Gasteiger partial charge in [0.05, 0.1) is 11.4 Å². The van der Waals surface area contributed by atoms with Crippen LogP contribution in [0.4, 0.5) is 5.69 Å². The third-order valence-electron chi connectivity index (χ3n) is 2.62. The van der Waals surface area contributed by atoms with E-state index in [-0.39, 0.29) is 0 Å². The lowest BCUT2D eigenvalue weighted by Gasteiger charge is -2.08. The van der Waals surface area contributed by atoms with Crippen molar-refractivity contribution in [3.8, 4) is 0 Å². The van der Waals surface area contributed by atoms with Crippen LogP contribution in [-0.2, 0) is 0 Å². The number of anilines is 1. The maximum absolute atomic E-state index is 5.20. The largest absolute Gasteiger partial charge is 0.331 e. The standard InChI is InChI=1S/C15H16N4S/c1-2-13(14-10-6-7-11-16-14)18-19-15(20)17-12-8-4-3-5-9-12/h3-11H,2H2,1H3,(H2,17,19,20)/b18-13+. The van der Waals surface area contributed by atoms with Crippen molar-refractivity contribution in [3.05, 3.63) is 60.4 Å². The van der Waals surface area contributed by atoms with Gasteiger partial charge >= 0.3 is 0 Å². The van der Waals surface area contributed by atoms with Crippen molar-refractivity contribution in [1.82, 2.24) is 10.4 Å². The van der Waals surface area contributed by atoms with E-state index in [2.05, 4.69) is 20.8 Å². The molecule has 102 valence electrons. The Morgan fingerprint density at radius 1 is 1.15 bits per heavy atom. The highest BCUT2D eigenvalue weighted by Crippen LogP contribution is 2.04. The maximum atomic E-state index is 5.20. The van der Waals surface area contributed by atoms with Crippen molar-refractivity contribution >= 4 is 28.7 Å². The SMILES string of the molecule is CC/C(=N\NC(=S)Nc1ccccc1)c1ccccn1. The van der Waals surface area contributed by atoms with Crippen LogP contribution in [0, 0.1) is 0 Å². The summed E-state index contributed by atoms with van der Waals surface area (Å²) in [6, 6.07) is 15.5. The van der Waals surface area contributed by atoms with E-state index in [0.29, 0.717) is 5.11 Å². The van der Waals surface area contributed by atoms with Crippen molar-refractivity contribution in [1.29, 1.82) is 0 Å². The Morgan fingerprint density at radius 2 is 1.90 bits per heavy atom. The van der Waals surface area contributed by atoms with Crippen LogP contribution < -0.4 is 10.7 Å². The summed E-state index contributed by atoms with van der Waals surface area (Å²) in [6.07, 6.45) is 2.53. The van der Waals surface area contributed by atoms with E-state index in [4.69, 9.17) is 12.2 Å². The summed E-state index contributed by atoms with van der Waals surface area (Å²) < 4.78 is 0. The predicted molar refractivity (Wildman–Crippen MR) is 86.9 cm³/mol. The van der Waals surface area contributed by atoms with Gasteiger partial charge in [0.15, 0.2) is 5.11 Å². The molecule has 0 unspecified atom stereocenters. The summed E-state index contributed by atoms with van der Waals surface area (Å²) in [4.78, 5) is 4.28. The molecule has 20 heavy (non-hydrogen) atoms. The first-order chi connectivity index (χ1) is 9.79. The van der Waals surface area contributed by atoms with E-state index in [0.717, 1.165) is 23.5 Å². The van der Waals surface area contributed by atoms with Crippen LogP contribution in [0.15, 0.2) is 59.8 Å². The molecule has 0 saturated heterocycles. The number of hydrazone groups is 1. The lowest BCUT2D eigenvalue weighted by atomic mass is 10.2. The molecule has 5 heteroatoms. The van der Waals surface area contributed by atoms with Gasteiger partial charge in [-0.1, -0.05) is 31.2 Å². The van der Waals surface area contributed by atoms with Crippen LogP contribution in [0.2, 0.25) is 0 Å². The Hall–Kier alpha value is -2.27. The molecule has 0 aliphatic heterocycles. The van der Waals surface area contributed by atoms with Crippen molar-refractivity contribution in [2.24, 2.45) is 5.10 Å². The van der Waals surface area contributed by atoms with E-state index >= 15 is 0 Å². The van der Waals surface area contributed by atoms with Gasteiger partial charge in [0.1, 0.15) is 0 Å². The minimum Gasteiger partial charge on any atom is -0.331 e. The zero-order chi connectivity index (χ0) is 14.2. The Kier molecular flexibility index (Phi) is 5.20. The fraction of sp³-hybridized carbons (Fsp3) is 0.133. The molecule has 1 heterocycles. The third-order valence-corrected chi connectivity index (χ3v) is 2.81. The molecule has 2 rings (SSSR count). The van der Waals surface area contributed by atoms with Gasteiger partial charge < -0.3 is 5.32 Å². The second kappa shape index (κ2) is 7.35. The minimum absolute atomic E-state index is 0.457. The first-order valence-electron chi connectivity index (χ1n) is 6.39. The van der Waals surface area contributed by atoms with Gasteiger partial charge in [-0.25, -0.2) is 0 Å². The second-order valence-electron chi connectivity index (χ2n) is 4.06. The average Bonchev–Trinajstić information content (AvgIpc) is 2.50. The Bertz CT molecular complexity index is 581. The number of pyridine rings is 1. The second-order valence-corrected chi connectivity index (χ2v) is 4.47. The quantitative estimate of drug-likeness (QED) is 0.514. The van der Waals surface area contributed by atoms with Gasteiger partial charge in [-0.15, -0.1) is 0 Å². The van der Waals surface area contributed by atoms with Gasteiger partial charge in [-0.3, -0.25) is 10.4 Å². The molecular formula is C15H16N4S. The van der Waals surface area contributed by atoms with Gasteiger partial charge in [0.25, 0.3) is 0 Å². The lowest BCUT2D eigenvalue weighted by Crippen LogP contribution is -2.25. The molecule has 2 aromatic rings. The van der Waals surface area contributed by atoms with Gasteiger partial charge in [0, 0.05) is 11.9 Å². The molecule has 0 radical (unpaired) electrons. The first-order valence-corrected chi connectivity index (χ1v) is 6.80. The number of nitrogens with one attached hydrogen (secondary N) is 2. The highest BCUT2D eigenvalue weighted by Gasteiger charge is 2.02. The summed E-state index contributed by atoms with van der Waals surface area (Å²) in [7, 11) is 0. The highest BCUT2D eigenvalue weighted by atomic mass is 32.1. The summed E-state index contributed by atoms with van der Waals surface area (Å²) in [5, 5.41) is 7.83. The number of rotatable bonds is 4. The molecule has 0 fully saturated rings. The molecule has 0 aliphatic rings. The van der Waals surface area contributed by atoms with E-state index < -0.39 is 0 Å². The predicted octanol–water partition coefficient (Wildman–Crippen LogP) is 3.18. The summed E-state index contributed by atoms with van der Waals surface area (Å²) in [5.41, 5.74) is 5.49. The average molecular weight is 284 g/mol. The highest BCUT2D eigenvalue weighted by molar-refractivity contribution is 7.80. The van der Waals surface area contributed by atoms with Gasteiger partial charge in [-0.05, 0) is 42.9 Å². The molecular weight excluding hydrogens is 268 g/mol. The van der Waals surface area contributed by atoms with Crippen LogP contribution in [0.5, 0.6) is 0 Å². The van der Waals surface area contributed by atoms with Gasteiger partial charge in [-0.2, -0.15) is 5.10 Å². The molecule has 2 N–H and O–H groups in total. The molecule has 0 bridgehead atoms. The monoisotopic (exact) mass is 284 g/mol. The van der Waals surface area contributed by atoms with Crippen molar-refractivity contribution in [3.63, 3.8) is 0 Å². The lowest BCUT2D eigenvalue weighted by molar-refractivity contribution is 1.01. The fourth-order valence-electron chi connectivity index (χ4n) is 1.65. The Labute approximate surface area is 123 Å². The zero-order valence-electron chi connectivity index (χ0n) is 11.2. The molecule has 0 saturated carbocycles. The van der Waals surface area contributed by atoms with Crippen molar-refractivity contribution in [2.45, 2.75) is 13.3 Å². The smallest absolute Gasteiger partial charge is 0.191 e. The Morgan fingerprint density at radius 3 is 2.55 bits per heavy atom. The van der Waals surface area contributed by atoms with Crippen LogP contribution in [-0.4, -0.2) is 15.8 Å². The summed E-state index contributed by atoms with van der Waals surface area (Å²) in [5.74, 6) is 0. The topological polar surface area (TPSA) is 49.3 Å². The summed E-state index contributed by atoms with van der Waals surface area (Å²) in [6.45, 7) is 2.03. The van der Waals surface area contributed by atoms with E-state index in [9.17, 15) is 0 Å². The molecule has 0 aliphatic carbocycles. The third kappa shape index (κ3) is 4.13. The molecule has 1 aromatic heterocycles. The molecule has 1 aromatic carbocycles. The number of para-hydroxylation sites is 1. The normalized spacial score (nSPS) is 10.9. The molecule has 0 amide bonds. The van der Waals surface area contributed by atoms with Crippen LogP contribution in [0.1, 0.15) is 19.0 Å². The number of aromatic nitrogens is 1. The molecule has 0 atom stereocenters. The zero-order valence-corrected chi connectivity index (χ0v) is 12.0. The Balaban J connectivity index is 1.99. The van der Waals surface area contributed by atoms with Crippen LogP contribution in [0.25, 0.3) is 0 Å².